The molecule has 0 radical (unpaired) electrons. The Kier molecular flexibility index (Phi) is 2.76. The van der Waals surface area contributed by atoms with Gasteiger partial charge in [-0.2, -0.15) is 0 Å². The van der Waals surface area contributed by atoms with Crippen LogP contribution >= 0.6 is 0 Å². The Morgan fingerprint density at radius 2 is 1.87 bits per heavy atom. The van der Waals surface area contributed by atoms with Crippen LogP contribution in [0.1, 0.15) is 19.7 Å². The van der Waals surface area contributed by atoms with Crippen molar-refractivity contribution in [2.75, 3.05) is 0 Å². The molecule has 15 heavy (non-hydrogen) atoms. The fourth-order valence-corrected chi connectivity index (χ4v) is 1.64. The van der Waals surface area contributed by atoms with Crippen molar-refractivity contribution in [3.05, 3.63) is 30.4 Å². The topological polar surface area (TPSA) is 43.6 Å². The van der Waals surface area contributed by atoms with Gasteiger partial charge in [0.05, 0.1) is 0 Å². The smallest absolute Gasteiger partial charge is 0.164 e. The second-order valence-corrected chi connectivity index (χ2v) is 3.27. The lowest BCUT2D eigenvalue weighted by Gasteiger charge is -2.05. The molecule has 0 fully saturated rings. The van der Waals surface area contributed by atoms with Crippen LogP contribution in [0.15, 0.2) is 24.5 Å². The van der Waals surface area contributed by atoms with E-state index in [1.165, 1.54) is 0 Å². The molecular weight excluding hydrogens is 188 g/mol. The predicted molar refractivity (Wildman–Crippen MR) is 58.3 cm³/mol. The van der Waals surface area contributed by atoms with Crippen molar-refractivity contribution in [3.8, 4) is 11.4 Å². The molecule has 0 aromatic carbocycles. The Balaban J connectivity index is 2.49. The molecule has 0 aliphatic rings. The molecule has 0 saturated heterocycles. The van der Waals surface area contributed by atoms with Crippen molar-refractivity contribution in [1.82, 2.24) is 19.7 Å². The standard InChI is InChI=1S/C11H14N4/c1-3-10-13-14-11(15(10)4-2)9-5-7-12-8-6-9/h5-8H,3-4H2,1-2H3. The third kappa shape index (κ3) is 1.75. The first-order valence-electron chi connectivity index (χ1n) is 5.19. The minimum atomic E-state index is 0.897. The number of hydrogen-bond acceptors (Lipinski definition) is 3. The average Bonchev–Trinajstić information content (AvgIpc) is 2.72. The summed E-state index contributed by atoms with van der Waals surface area (Å²) in [6.45, 7) is 5.09. The van der Waals surface area contributed by atoms with Gasteiger partial charge in [-0.1, -0.05) is 6.92 Å². The highest BCUT2D eigenvalue weighted by molar-refractivity contribution is 5.54. The first-order chi connectivity index (χ1) is 7.36. The van der Waals surface area contributed by atoms with Gasteiger partial charge in [0.25, 0.3) is 0 Å². The maximum absolute atomic E-state index is 4.21. The number of hydrogen-bond donors (Lipinski definition) is 0. The van der Waals surface area contributed by atoms with Crippen LogP contribution in [-0.2, 0) is 13.0 Å². The van der Waals surface area contributed by atoms with Crippen molar-refractivity contribution in [2.45, 2.75) is 26.8 Å². The third-order valence-corrected chi connectivity index (χ3v) is 2.40. The van der Waals surface area contributed by atoms with E-state index in [0.717, 1.165) is 30.2 Å². The molecule has 0 saturated carbocycles. The molecule has 0 spiro atoms. The second kappa shape index (κ2) is 4.21. The summed E-state index contributed by atoms with van der Waals surface area (Å²) in [5.41, 5.74) is 1.07. The van der Waals surface area contributed by atoms with Crippen molar-refractivity contribution in [2.24, 2.45) is 0 Å². The van der Waals surface area contributed by atoms with Crippen LogP contribution < -0.4 is 0 Å². The Morgan fingerprint density at radius 3 is 2.47 bits per heavy atom. The van der Waals surface area contributed by atoms with Gasteiger partial charge in [-0.05, 0) is 19.1 Å². The van der Waals surface area contributed by atoms with Crippen LogP contribution in [-0.4, -0.2) is 19.7 Å². The van der Waals surface area contributed by atoms with E-state index in [0.29, 0.717) is 0 Å². The van der Waals surface area contributed by atoms with Crippen molar-refractivity contribution in [3.63, 3.8) is 0 Å². The van der Waals surface area contributed by atoms with Gasteiger partial charge in [0.2, 0.25) is 0 Å². The zero-order valence-electron chi connectivity index (χ0n) is 9.01. The Morgan fingerprint density at radius 1 is 1.13 bits per heavy atom. The van der Waals surface area contributed by atoms with E-state index in [9.17, 15) is 0 Å². The molecule has 0 aliphatic heterocycles. The fraction of sp³-hybridized carbons (Fsp3) is 0.364. The first-order valence-corrected chi connectivity index (χ1v) is 5.19. The van der Waals surface area contributed by atoms with Gasteiger partial charge in [0.1, 0.15) is 5.82 Å². The normalized spacial score (nSPS) is 10.5. The predicted octanol–water partition coefficient (Wildman–Crippen LogP) is 1.92. The Bertz CT molecular complexity index is 433. The lowest BCUT2D eigenvalue weighted by Crippen LogP contribution is -2.02. The zero-order valence-corrected chi connectivity index (χ0v) is 9.01. The molecule has 2 aromatic heterocycles. The molecule has 2 rings (SSSR count). The number of nitrogens with zero attached hydrogens (tertiary/aromatic N) is 4. The van der Waals surface area contributed by atoms with Gasteiger partial charge in [-0.15, -0.1) is 10.2 Å². The minimum Gasteiger partial charge on any atom is -0.311 e. The van der Waals surface area contributed by atoms with E-state index >= 15 is 0 Å². The summed E-state index contributed by atoms with van der Waals surface area (Å²) < 4.78 is 2.13. The number of rotatable bonds is 3. The fourth-order valence-electron chi connectivity index (χ4n) is 1.64. The molecule has 78 valence electrons. The van der Waals surface area contributed by atoms with E-state index in [1.807, 2.05) is 12.1 Å². The lowest BCUT2D eigenvalue weighted by molar-refractivity contribution is 0.711. The van der Waals surface area contributed by atoms with Crippen LogP contribution in [0.25, 0.3) is 11.4 Å². The van der Waals surface area contributed by atoms with Gasteiger partial charge >= 0.3 is 0 Å². The van der Waals surface area contributed by atoms with Crippen LogP contribution in [0.5, 0.6) is 0 Å². The molecular formula is C11H14N4. The maximum Gasteiger partial charge on any atom is 0.164 e. The summed E-state index contributed by atoms with van der Waals surface area (Å²) in [5.74, 6) is 1.96. The molecule has 0 unspecified atom stereocenters. The summed E-state index contributed by atoms with van der Waals surface area (Å²) >= 11 is 0. The van der Waals surface area contributed by atoms with Crippen molar-refractivity contribution in [1.29, 1.82) is 0 Å². The summed E-state index contributed by atoms with van der Waals surface area (Å²) in [6, 6.07) is 3.91. The highest BCUT2D eigenvalue weighted by Gasteiger charge is 2.10. The van der Waals surface area contributed by atoms with Gasteiger partial charge in [0.15, 0.2) is 5.82 Å². The van der Waals surface area contributed by atoms with Crippen LogP contribution in [0.3, 0.4) is 0 Å². The van der Waals surface area contributed by atoms with Crippen LogP contribution in [0, 0.1) is 0 Å². The summed E-state index contributed by atoms with van der Waals surface area (Å²) in [7, 11) is 0. The number of aryl methyl sites for hydroxylation is 1. The Hall–Kier alpha value is -1.71. The van der Waals surface area contributed by atoms with E-state index in [1.54, 1.807) is 12.4 Å². The van der Waals surface area contributed by atoms with E-state index < -0.39 is 0 Å². The highest BCUT2D eigenvalue weighted by atomic mass is 15.3. The molecule has 0 N–H and O–H groups in total. The van der Waals surface area contributed by atoms with Crippen LogP contribution in [0.2, 0.25) is 0 Å². The van der Waals surface area contributed by atoms with E-state index in [-0.39, 0.29) is 0 Å². The molecule has 0 bridgehead atoms. The largest absolute Gasteiger partial charge is 0.311 e. The van der Waals surface area contributed by atoms with Crippen molar-refractivity contribution >= 4 is 0 Å². The molecule has 0 atom stereocenters. The van der Waals surface area contributed by atoms with Gasteiger partial charge in [-0.25, -0.2) is 0 Å². The first kappa shape index (κ1) is 9.83. The van der Waals surface area contributed by atoms with Gasteiger partial charge in [0, 0.05) is 30.9 Å². The number of aromatic nitrogens is 4. The summed E-state index contributed by atoms with van der Waals surface area (Å²) in [6.07, 6.45) is 4.46. The molecule has 4 heteroatoms. The van der Waals surface area contributed by atoms with E-state index in [4.69, 9.17) is 0 Å². The third-order valence-electron chi connectivity index (χ3n) is 2.40. The second-order valence-electron chi connectivity index (χ2n) is 3.27. The quantitative estimate of drug-likeness (QED) is 0.763. The molecule has 2 heterocycles. The van der Waals surface area contributed by atoms with E-state index in [2.05, 4.69) is 33.6 Å². The minimum absolute atomic E-state index is 0.897. The maximum atomic E-state index is 4.21. The average molecular weight is 202 g/mol. The molecule has 4 nitrogen and oxygen atoms in total. The molecule has 0 amide bonds. The molecule has 2 aromatic rings. The van der Waals surface area contributed by atoms with Crippen molar-refractivity contribution < 1.29 is 0 Å². The zero-order chi connectivity index (χ0) is 10.7. The number of pyridine rings is 1. The summed E-state index contributed by atoms with van der Waals surface area (Å²) in [4.78, 5) is 4.00. The van der Waals surface area contributed by atoms with Crippen LogP contribution in [0.4, 0.5) is 0 Å². The lowest BCUT2D eigenvalue weighted by atomic mass is 10.2. The summed E-state index contributed by atoms with van der Waals surface area (Å²) in [5, 5.41) is 8.39. The Labute approximate surface area is 89.0 Å². The van der Waals surface area contributed by atoms with Gasteiger partial charge < -0.3 is 4.57 Å². The highest BCUT2D eigenvalue weighted by Crippen LogP contribution is 2.17. The van der Waals surface area contributed by atoms with Gasteiger partial charge in [-0.3, -0.25) is 4.98 Å². The molecule has 0 aliphatic carbocycles. The SMILES string of the molecule is CCc1nnc(-c2ccncc2)n1CC. The monoisotopic (exact) mass is 202 g/mol.